The molecule has 0 aromatic heterocycles. The molecule has 0 aliphatic heterocycles. The molecular formula is C27H49NO3. The highest BCUT2D eigenvalue weighted by molar-refractivity contribution is 5.94. The van der Waals surface area contributed by atoms with Crippen molar-refractivity contribution in [2.75, 3.05) is 0 Å². The van der Waals surface area contributed by atoms with Gasteiger partial charge in [0.15, 0.2) is 0 Å². The first kappa shape index (κ1) is 29.4. The highest BCUT2D eigenvalue weighted by Gasteiger charge is 2.17. The topological polar surface area (TPSA) is 69.4 Å². The molecule has 2 N–H and O–H groups in total. The van der Waals surface area contributed by atoms with Gasteiger partial charge in [-0.25, -0.2) is 4.79 Å². The minimum atomic E-state index is -0.493. The van der Waals surface area contributed by atoms with Crippen molar-refractivity contribution in [2.24, 2.45) is 5.73 Å². The number of carbonyl (C=O) groups excluding carboxylic acids is 2. The van der Waals surface area contributed by atoms with Crippen LogP contribution in [0.3, 0.4) is 0 Å². The predicted octanol–water partition coefficient (Wildman–Crippen LogP) is 7.91. The maximum absolute atomic E-state index is 11.9. The van der Waals surface area contributed by atoms with Crippen molar-refractivity contribution in [3.63, 3.8) is 0 Å². The lowest BCUT2D eigenvalue weighted by molar-refractivity contribution is -0.135. The second kappa shape index (κ2) is 20.3. The van der Waals surface area contributed by atoms with Gasteiger partial charge in [-0.1, -0.05) is 117 Å². The minimum absolute atomic E-state index is 0.328. The summed E-state index contributed by atoms with van der Waals surface area (Å²) in [5, 5.41) is 0. The smallest absolute Gasteiger partial charge is 0.338 e. The Hall–Kier alpha value is -1.58. The third-order valence-electron chi connectivity index (χ3n) is 5.71. The SMILES string of the molecule is C=C(C)C(=O)O/C(CCCCCCCCCCCCCCCCC)=C(/CCC)C(N)=O. The Balaban J connectivity index is 3.97. The fourth-order valence-corrected chi connectivity index (χ4v) is 3.77. The van der Waals surface area contributed by atoms with Crippen LogP contribution < -0.4 is 5.73 Å². The van der Waals surface area contributed by atoms with Gasteiger partial charge in [0, 0.05) is 12.0 Å². The zero-order valence-corrected chi connectivity index (χ0v) is 20.7. The molecule has 4 nitrogen and oxygen atoms in total. The number of ether oxygens (including phenoxy) is 1. The Morgan fingerprint density at radius 3 is 1.45 bits per heavy atom. The van der Waals surface area contributed by atoms with Gasteiger partial charge in [0.2, 0.25) is 5.91 Å². The van der Waals surface area contributed by atoms with E-state index in [-0.39, 0.29) is 0 Å². The summed E-state index contributed by atoms with van der Waals surface area (Å²) in [6.07, 6.45) is 21.4. The molecule has 0 rings (SSSR count). The number of esters is 1. The highest BCUT2D eigenvalue weighted by Crippen LogP contribution is 2.21. The second-order valence-corrected chi connectivity index (χ2v) is 8.89. The van der Waals surface area contributed by atoms with E-state index in [1.165, 1.54) is 83.5 Å². The number of amides is 1. The first-order valence-electron chi connectivity index (χ1n) is 12.8. The fraction of sp³-hybridized carbons (Fsp3) is 0.778. The van der Waals surface area contributed by atoms with Gasteiger partial charge in [0.25, 0.3) is 0 Å². The van der Waals surface area contributed by atoms with E-state index in [9.17, 15) is 9.59 Å². The lowest BCUT2D eigenvalue weighted by atomic mass is 10.0. The Morgan fingerprint density at radius 2 is 1.10 bits per heavy atom. The zero-order valence-electron chi connectivity index (χ0n) is 20.7. The molecule has 0 radical (unpaired) electrons. The zero-order chi connectivity index (χ0) is 23.3. The number of allylic oxidation sites excluding steroid dienone is 1. The second-order valence-electron chi connectivity index (χ2n) is 8.89. The normalized spacial score (nSPS) is 11.8. The van der Waals surface area contributed by atoms with E-state index in [2.05, 4.69) is 13.5 Å². The van der Waals surface area contributed by atoms with Crippen LogP contribution in [0.15, 0.2) is 23.5 Å². The number of hydrogen-bond acceptors (Lipinski definition) is 3. The molecule has 1 amide bonds. The molecule has 0 unspecified atom stereocenters. The highest BCUT2D eigenvalue weighted by atomic mass is 16.5. The average Bonchev–Trinajstić information content (AvgIpc) is 2.73. The van der Waals surface area contributed by atoms with Crippen LogP contribution in [0, 0.1) is 0 Å². The van der Waals surface area contributed by atoms with E-state index in [0.717, 1.165) is 19.3 Å². The molecule has 0 saturated carbocycles. The van der Waals surface area contributed by atoms with Crippen LogP contribution in [-0.2, 0) is 14.3 Å². The maximum Gasteiger partial charge on any atom is 0.338 e. The summed E-state index contributed by atoms with van der Waals surface area (Å²) < 4.78 is 5.45. The van der Waals surface area contributed by atoms with Gasteiger partial charge < -0.3 is 10.5 Å². The van der Waals surface area contributed by atoms with Gasteiger partial charge in [0.05, 0.1) is 5.57 Å². The van der Waals surface area contributed by atoms with Gasteiger partial charge >= 0.3 is 5.97 Å². The van der Waals surface area contributed by atoms with Crippen molar-refractivity contribution < 1.29 is 14.3 Å². The van der Waals surface area contributed by atoms with Crippen LogP contribution in [0.1, 0.15) is 136 Å². The lowest BCUT2D eigenvalue weighted by Crippen LogP contribution is -2.18. The number of hydrogen-bond donors (Lipinski definition) is 1. The molecule has 0 saturated heterocycles. The predicted molar refractivity (Wildman–Crippen MR) is 132 cm³/mol. The van der Waals surface area contributed by atoms with Crippen LogP contribution in [0.2, 0.25) is 0 Å². The van der Waals surface area contributed by atoms with Crippen molar-refractivity contribution >= 4 is 11.9 Å². The molecule has 31 heavy (non-hydrogen) atoms. The summed E-state index contributed by atoms with van der Waals surface area (Å²) in [7, 11) is 0. The van der Waals surface area contributed by atoms with Crippen molar-refractivity contribution in [3.8, 4) is 0 Å². The molecule has 0 aromatic carbocycles. The van der Waals surface area contributed by atoms with Crippen molar-refractivity contribution in [3.05, 3.63) is 23.5 Å². The lowest BCUT2D eigenvalue weighted by Gasteiger charge is -2.13. The molecule has 0 spiro atoms. The summed E-state index contributed by atoms with van der Waals surface area (Å²) in [5.74, 6) is -0.532. The third-order valence-corrected chi connectivity index (χ3v) is 5.71. The van der Waals surface area contributed by atoms with Crippen LogP contribution in [-0.4, -0.2) is 11.9 Å². The fourth-order valence-electron chi connectivity index (χ4n) is 3.77. The van der Waals surface area contributed by atoms with Crippen LogP contribution in [0.5, 0.6) is 0 Å². The monoisotopic (exact) mass is 435 g/mol. The van der Waals surface area contributed by atoms with E-state index >= 15 is 0 Å². The Bertz CT molecular complexity index is 537. The molecular weight excluding hydrogens is 386 g/mol. The number of primary amides is 1. The third kappa shape index (κ3) is 16.7. The Morgan fingerprint density at radius 1 is 0.677 bits per heavy atom. The molecule has 0 aliphatic carbocycles. The molecule has 180 valence electrons. The van der Waals surface area contributed by atoms with Crippen LogP contribution in [0.4, 0.5) is 0 Å². The van der Waals surface area contributed by atoms with E-state index < -0.39 is 11.9 Å². The quantitative estimate of drug-likeness (QED) is 0.0861. The van der Waals surface area contributed by atoms with Gasteiger partial charge in [-0.15, -0.1) is 0 Å². The summed E-state index contributed by atoms with van der Waals surface area (Å²) in [6.45, 7) is 9.48. The molecule has 4 heteroatoms. The van der Waals surface area contributed by atoms with Crippen LogP contribution in [0.25, 0.3) is 0 Å². The van der Waals surface area contributed by atoms with Gasteiger partial charge in [-0.2, -0.15) is 0 Å². The number of unbranched alkanes of at least 4 members (excludes halogenated alkanes) is 14. The summed E-state index contributed by atoms with van der Waals surface area (Å²) in [6, 6.07) is 0. The number of carbonyl (C=O) groups is 2. The first-order valence-corrected chi connectivity index (χ1v) is 12.8. The average molecular weight is 436 g/mol. The summed E-state index contributed by atoms with van der Waals surface area (Å²) in [4.78, 5) is 23.7. The molecule has 0 fully saturated rings. The first-order chi connectivity index (χ1) is 14.9. The molecule has 0 bridgehead atoms. The standard InChI is InChI=1S/C27H49NO3/c1-5-7-8-9-10-11-12-13-14-15-16-17-18-19-20-22-25(31-27(30)23(3)4)24(21-6-2)26(28)29/h3,5-22H2,1-2,4H3,(H2,28,29)/b25-24-. The van der Waals surface area contributed by atoms with E-state index in [1.54, 1.807) is 6.92 Å². The van der Waals surface area contributed by atoms with Crippen LogP contribution >= 0.6 is 0 Å². The maximum atomic E-state index is 11.9. The molecule has 0 aromatic rings. The molecule has 0 atom stereocenters. The largest absolute Gasteiger partial charge is 0.427 e. The molecule has 0 heterocycles. The van der Waals surface area contributed by atoms with Crippen molar-refractivity contribution in [1.82, 2.24) is 0 Å². The van der Waals surface area contributed by atoms with Crippen molar-refractivity contribution in [1.29, 1.82) is 0 Å². The van der Waals surface area contributed by atoms with Gasteiger partial charge in [-0.3, -0.25) is 4.79 Å². The van der Waals surface area contributed by atoms with E-state index in [0.29, 0.717) is 29.7 Å². The summed E-state index contributed by atoms with van der Waals surface area (Å²) in [5.41, 5.74) is 6.30. The Kier molecular flexibility index (Phi) is 19.3. The van der Waals surface area contributed by atoms with E-state index in [4.69, 9.17) is 10.5 Å². The molecule has 0 aliphatic rings. The summed E-state index contributed by atoms with van der Waals surface area (Å²) >= 11 is 0. The minimum Gasteiger partial charge on any atom is -0.427 e. The van der Waals surface area contributed by atoms with Gasteiger partial charge in [-0.05, 0) is 19.8 Å². The van der Waals surface area contributed by atoms with Gasteiger partial charge in [0.1, 0.15) is 5.76 Å². The number of nitrogens with two attached hydrogens (primary N) is 1. The van der Waals surface area contributed by atoms with E-state index in [1.807, 2.05) is 6.92 Å². The van der Waals surface area contributed by atoms with Crippen molar-refractivity contribution in [2.45, 2.75) is 136 Å². The number of rotatable bonds is 21. The Labute approximate surface area is 192 Å².